The van der Waals surface area contributed by atoms with E-state index < -0.39 is 10.0 Å². The van der Waals surface area contributed by atoms with Gasteiger partial charge in [0.1, 0.15) is 10.7 Å². The first-order valence-electron chi connectivity index (χ1n) is 6.21. The first kappa shape index (κ1) is 15.4. The Kier molecular flexibility index (Phi) is 4.56. The zero-order chi connectivity index (χ0) is 15.5. The van der Waals surface area contributed by atoms with Gasteiger partial charge < -0.3 is 5.43 Å². The van der Waals surface area contributed by atoms with Crippen LogP contribution in [0.4, 0.5) is 10.1 Å². The fourth-order valence-corrected chi connectivity index (χ4v) is 3.22. The number of halogens is 1. The van der Waals surface area contributed by atoms with Crippen molar-refractivity contribution < 1.29 is 12.8 Å². The van der Waals surface area contributed by atoms with E-state index >= 15 is 0 Å². The number of hydrogen-bond acceptors (Lipinski definition) is 4. The van der Waals surface area contributed by atoms with Crippen LogP contribution in [0, 0.1) is 5.82 Å². The molecular formula is C14H16FN3O2S. The van der Waals surface area contributed by atoms with E-state index in [0.717, 1.165) is 0 Å². The Labute approximate surface area is 123 Å². The normalized spacial score (nSPS) is 11.6. The van der Waals surface area contributed by atoms with Gasteiger partial charge in [0.2, 0.25) is 10.0 Å². The van der Waals surface area contributed by atoms with Crippen molar-refractivity contribution >= 4 is 15.7 Å². The van der Waals surface area contributed by atoms with Gasteiger partial charge in [0.15, 0.2) is 0 Å². The number of nitrogens with two attached hydrogens (primary N) is 1. The lowest BCUT2D eigenvalue weighted by atomic mass is 10.2. The lowest BCUT2D eigenvalue weighted by molar-refractivity contribution is 0.466. The fraction of sp³-hybridized carbons (Fsp3) is 0.143. The van der Waals surface area contributed by atoms with E-state index in [-0.39, 0.29) is 17.3 Å². The van der Waals surface area contributed by atoms with Gasteiger partial charge in [-0.1, -0.05) is 24.3 Å². The SMILES string of the molecule is CN(Cc1ccc(F)cc1)S(=O)(=O)c1ccccc1NN. The highest BCUT2D eigenvalue weighted by Gasteiger charge is 2.23. The Bertz CT molecular complexity index is 717. The summed E-state index contributed by atoms with van der Waals surface area (Å²) in [7, 11) is -2.23. The maximum absolute atomic E-state index is 12.9. The lowest BCUT2D eigenvalue weighted by Crippen LogP contribution is -2.27. The van der Waals surface area contributed by atoms with Crippen LogP contribution in [0.25, 0.3) is 0 Å². The summed E-state index contributed by atoms with van der Waals surface area (Å²) >= 11 is 0. The highest BCUT2D eigenvalue weighted by Crippen LogP contribution is 2.24. The molecule has 2 aromatic rings. The molecule has 0 amide bonds. The Morgan fingerprint density at radius 3 is 2.38 bits per heavy atom. The van der Waals surface area contributed by atoms with Crippen LogP contribution in [0.3, 0.4) is 0 Å². The van der Waals surface area contributed by atoms with Gasteiger partial charge in [-0.2, -0.15) is 4.31 Å². The van der Waals surface area contributed by atoms with Crippen LogP contribution < -0.4 is 11.3 Å². The van der Waals surface area contributed by atoms with E-state index in [1.165, 1.54) is 29.6 Å². The molecule has 0 unspecified atom stereocenters. The minimum atomic E-state index is -3.69. The van der Waals surface area contributed by atoms with Gasteiger partial charge in [0.25, 0.3) is 0 Å². The Hall–Kier alpha value is -1.96. The molecular weight excluding hydrogens is 293 g/mol. The highest BCUT2D eigenvalue weighted by atomic mass is 32.2. The molecule has 21 heavy (non-hydrogen) atoms. The molecule has 3 N–H and O–H groups in total. The third-order valence-corrected chi connectivity index (χ3v) is 4.91. The standard InChI is InChI=1S/C14H16FN3O2S/c1-18(10-11-6-8-12(15)9-7-11)21(19,20)14-5-3-2-4-13(14)17-16/h2-9,17H,10,16H2,1H3. The van der Waals surface area contributed by atoms with E-state index in [2.05, 4.69) is 5.43 Å². The topological polar surface area (TPSA) is 75.4 Å². The van der Waals surface area contributed by atoms with Gasteiger partial charge in [-0.3, -0.25) is 5.84 Å². The molecule has 0 aromatic heterocycles. The molecule has 2 aromatic carbocycles. The molecule has 5 nitrogen and oxygen atoms in total. The predicted octanol–water partition coefficient (Wildman–Crippen LogP) is 1.93. The lowest BCUT2D eigenvalue weighted by Gasteiger charge is -2.19. The zero-order valence-corrected chi connectivity index (χ0v) is 12.3. The number of anilines is 1. The number of rotatable bonds is 5. The highest BCUT2D eigenvalue weighted by molar-refractivity contribution is 7.89. The smallest absolute Gasteiger partial charge is 0.245 e. The van der Waals surface area contributed by atoms with Crippen molar-refractivity contribution in [1.29, 1.82) is 0 Å². The molecule has 0 bridgehead atoms. The van der Waals surface area contributed by atoms with E-state index in [1.54, 1.807) is 30.3 Å². The van der Waals surface area contributed by atoms with Gasteiger partial charge in [-0.25, -0.2) is 12.8 Å². The van der Waals surface area contributed by atoms with Gasteiger partial charge >= 0.3 is 0 Å². The summed E-state index contributed by atoms with van der Waals surface area (Å²) in [4.78, 5) is 0.0945. The predicted molar refractivity (Wildman–Crippen MR) is 79.3 cm³/mol. The zero-order valence-electron chi connectivity index (χ0n) is 11.5. The van der Waals surface area contributed by atoms with Crippen molar-refractivity contribution in [3.8, 4) is 0 Å². The summed E-state index contributed by atoms with van der Waals surface area (Å²) in [5, 5.41) is 0. The average Bonchev–Trinajstić information content (AvgIpc) is 2.49. The van der Waals surface area contributed by atoms with Crippen molar-refractivity contribution in [3.05, 3.63) is 59.9 Å². The van der Waals surface area contributed by atoms with Crippen molar-refractivity contribution in [3.63, 3.8) is 0 Å². The number of benzene rings is 2. The quantitative estimate of drug-likeness (QED) is 0.654. The summed E-state index contributed by atoms with van der Waals surface area (Å²) in [5.74, 6) is 4.98. The van der Waals surface area contributed by atoms with Crippen LogP contribution >= 0.6 is 0 Å². The third-order valence-electron chi connectivity index (χ3n) is 3.05. The van der Waals surface area contributed by atoms with Gasteiger partial charge in [0, 0.05) is 13.6 Å². The summed E-state index contributed by atoms with van der Waals surface area (Å²) in [6.45, 7) is 0.140. The Morgan fingerprint density at radius 1 is 1.14 bits per heavy atom. The van der Waals surface area contributed by atoms with E-state index in [4.69, 9.17) is 5.84 Å². The second kappa shape index (κ2) is 6.21. The summed E-state index contributed by atoms with van der Waals surface area (Å²) in [5.41, 5.74) is 3.39. The number of nitrogens with zero attached hydrogens (tertiary/aromatic N) is 1. The maximum atomic E-state index is 12.9. The van der Waals surface area contributed by atoms with Crippen LogP contribution in [-0.2, 0) is 16.6 Å². The Balaban J connectivity index is 2.28. The second-order valence-electron chi connectivity index (χ2n) is 4.53. The van der Waals surface area contributed by atoms with Crippen LogP contribution in [0.2, 0.25) is 0 Å². The molecule has 0 fully saturated rings. The van der Waals surface area contributed by atoms with E-state index in [9.17, 15) is 12.8 Å². The Morgan fingerprint density at radius 2 is 1.76 bits per heavy atom. The van der Waals surface area contributed by atoms with Gasteiger partial charge in [-0.15, -0.1) is 0 Å². The van der Waals surface area contributed by atoms with Crippen LogP contribution in [0.5, 0.6) is 0 Å². The molecule has 0 radical (unpaired) electrons. The largest absolute Gasteiger partial charge is 0.323 e. The maximum Gasteiger partial charge on any atom is 0.245 e. The van der Waals surface area contributed by atoms with Crippen molar-refractivity contribution in [2.24, 2.45) is 5.84 Å². The van der Waals surface area contributed by atoms with E-state index in [1.807, 2.05) is 0 Å². The summed E-state index contributed by atoms with van der Waals surface area (Å²) < 4.78 is 39.1. The molecule has 0 saturated carbocycles. The average molecular weight is 309 g/mol. The summed E-state index contributed by atoms with van der Waals surface area (Å²) in [6.07, 6.45) is 0. The number of hydrazine groups is 1. The number of hydrogen-bond donors (Lipinski definition) is 2. The minimum Gasteiger partial charge on any atom is -0.323 e. The first-order chi connectivity index (χ1) is 9.95. The van der Waals surface area contributed by atoms with Gasteiger partial charge in [0.05, 0.1) is 5.69 Å². The van der Waals surface area contributed by atoms with Crippen LogP contribution in [0.1, 0.15) is 5.56 Å². The molecule has 0 heterocycles. The summed E-state index contributed by atoms with van der Waals surface area (Å²) in [6, 6.07) is 12.1. The van der Waals surface area contributed by atoms with Gasteiger partial charge in [-0.05, 0) is 29.8 Å². The van der Waals surface area contributed by atoms with E-state index in [0.29, 0.717) is 11.3 Å². The molecule has 0 aliphatic heterocycles. The van der Waals surface area contributed by atoms with Crippen molar-refractivity contribution in [2.75, 3.05) is 12.5 Å². The monoisotopic (exact) mass is 309 g/mol. The molecule has 112 valence electrons. The number of nitrogens with one attached hydrogen (secondary N) is 1. The van der Waals surface area contributed by atoms with Crippen molar-refractivity contribution in [2.45, 2.75) is 11.4 Å². The molecule has 0 aliphatic carbocycles. The van der Waals surface area contributed by atoms with Crippen LogP contribution in [-0.4, -0.2) is 19.8 Å². The fourth-order valence-electron chi connectivity index (χ4n) is 1.91. The molecule has 0 saturated heterocycles. The minimum absolute atomic E-state index is 0.0945. The number of sulfonamides is 1. The molecule has 0 spiro atoms. The number of para-hydroxylation sites is 1. The molecule has 2 rings (SSSR count). The second-order valence-corrected chi connectivity index (χ2v) is 6.54. The number of nitrogen functional groups attached to an aromatic ring is 1. The van der Waals surface area contributed by atoms with Crippen molar-refractivity contribution in [1.82, 2.24) is 4.31 Å². The van der Waals surface area contributed by atoms with Crippen LogP contribution in [0.15, 0.2) is 53.4 Å². The third kappa shape index (κ3) is 3.38. The molecule has 0 atom stereocenters. The molecule has 0 aliphatic rings. The molecule has 7 heteroatoms. The first-order valence-corrected chi connectivity index (χ1v) is 7.65.